The smallest absolute Gasteiger partial charge is 0.310 e. The van der Waals surface area contributed by atoms with Gasteiger partial charge in [-0.25, -0.2) is 0 Å². The van der Waals surface area contributed by atoms with Crippen LogP contribution in [0.15, 0.2) is 54.6 Å². The zero-order valence-electron chi connectivity index (χ0n) is 16.7. The van der Waals surface area contributed by atoms with Crippen molar-refractivity contribution < 1.29 is 19.5 Å². The third-order valence-electron chi connectivity index (χ3n) is 5.59. The maximum atomic E-state index is 13.0. The Kier molecular flexibility index (Phi) is 6.01. The Labute approximate surface area is 170 Å². The molecule has 2 aromatic carbocycles. The topological polar surface area (TPSA) is 86.7 Å². The van der Waals surface area contributed by atoms with Crippen LogP contribution in [0.1, 0.15) is 48.5 Å². The molecule has 6 nitrogen and oxygen atoms in total. The average Bonchev–Trinajstić information content (AvgIpc) is 2.73. The highest BCUT2D eigenvalue weighted by molar-refractivity contribution is 5.97. The molecule has 1 fully saturated rings. The van der Waals surface area contributed by atoms with Crippen LogP contribution in [0.2, 0.25) is 0 Å². The number of amides is 2. The third-order valence-corrected chi connectivity index (χ3v) is 5.59. The average molecular weight is 394 g/mol. The van der Waals surface area contributed by atoms with Crippen molar-refractivity contribution in [3.05, 3.63) is 65.7 Å². The minimum atomic E-state index is -0.889. The molecule has 1 aliphatic rings. The van der Waals surface area contributed by atoms with Crippen molar-refractivity contribution in [2.45, 2.75) is 32.6 Å². The second kappa shape index (κ2) is 8.47. The number of carboxylic acids is 1. The fourth-order valence-electron chi connectivity index (χ4n) is 3.64. The van der Waals surface area contributed by atoms with Crippen molar-refractivity contribution in [1.29, 1.82) is 0 Å². The summed E-state index contributed by atoms with van der Waals surface area (Å²) in [7, 11) is 0. The molecule has 0 spiro atoms. The van der Waals surface area contributed by atoms with Crippen molar-refractivity contribution in [2.24, 2.45) is 5.41 Å². The number of carbonyl (C=O) groups excluding carboxylic acids is 2. The van der Waals surface area contributed by atoms with Crippen molar-refractivity contribution >= 4 is 23.5 Å². The first-order valence-corrected chi connectivity index (χ1v) is 9.79. The first-order chi connectivity index (χ1) is 13.8. The van der Waals surface area contributed by atoms with Crippen LogP contribution in [-0.2, 0) is 9.59 Å². The summed E-state index contributed by atoms with van der Waals surface area (Å²) >= 11 is 0. The Bertz CT molecular complexity index is 895. The van der Waals surface area contributed by atoms with E-state index in [0.717, 1.165) is 6.42 Å². The number of carbonyl (C=O) groups is 3. The van der Waals surface area contributed by atoms with Gasteiger partial charge in [-0.2, -0.15) is 0 Å². The Morgan fingerprint density at radius 3 is 2.34 bits per heavy atom. The zero-order chi connectivity index (χ0) is 21.0. The number of aliphatic carboxylic acids is 1. The van der Waals surface area contributed by atoms with Gasteiger partial charge in [-0.15, -0.1) is 0 Å². The van der Waals surface area contributed by atoms with Gasteiger partial charge in [0.15, 0.2) is 0 Å². The standard InChI is InChI=1S/C23H26N2O4/c1-16(21(27)28)17-9-11-19(12-10-17)24-22(29)23(2)13-6-14-25(15-23)20(26)18-7-4-3-5-8-18/h3-5,7-12,16H,6,13-15H2,1-2H3,(H,24,29)(H,27,28). The number of benzene rings is 2. The Morgan fingerprint density at radius 1 is 1.07 bits per heavy atom. The minimum Gasteiger partial charge on any atom is -0.481 e. The molecule has 0 aromatic heterocycles. The van der Waals surface area contributed by atoms with E-state index in [1.807, 2.05) is 25.1 Å². The van der Waals surface area contributed by atoms with Crippen LogP contribution in [0.5, 0.6) is 0 Å². The summed E-state index contributed by atoms with van der Waals surface area (Å²) in [5.41, 5.74) is 1.23. The quantitative estimate of drug-likeness (QED) is 0.808. The summed E-state index contributed by atoms with van der Waals surface area (Å²) in [5, 5.41) is 12.0. The van der Waals surface area contributed by atoms with Crippen LogP contribution in [0, 0.1) is 5.41 Å². The van der Waals surface area contributed by atoms with Crippen molar-refractivity contribution in [2.75, 3.05) is 18.4 Å². The molecule has 2 unspecified atom stereocenters. The number of hydrogen-bond donors (Lipinski definition) is 2. The van der Waals surface area contributed by atoms with Crippen LogP contribution in [0.25, 0.3) is 0 Å². The summed E-state index contributed by atoms with van der Waals surface area (Å²) < 4.78 is 0. The van der Waals surface area contributed by atoms with E-state index in [1.165, 1.54) is 0 Å². The Morgan fingerprint density at radius 2 is 1.72 bits per heavy atom. The number of anilines is 1. The molecule has 0 bridgehead atoms. The summed E-state index contributed by atoms with van der Waals surface area (Å²) in [6, 6.07) is 16.0. The molecule has 3 rings (SSSR count). The number of hydrogen-bond acceptors (Lipinski definition) is 3. The van der Waals surface area contributed by atoms with Crippen LogP contribution < -0.4 is 5.32 Å². The number of piperidine rings is 1. The molecule has 0 aliphatic carbocycles. The number of rotatable bonds is 5. The molecule has 6 heteroatoms. The highest BCUT2D eigenvalue weighted by atomic mass is 16.4. The van der Waals surface area contributed by atoms with Crippen LogP contribution in [0.4, 0.5) is 5.69 Å². The summed E-state index contributed by atoms with van der Waals surface area (Å²) in [5.74, 6) is -1.69. The van der Waals surface area contributed by atoms with E-state index >= 15 is 0 Å². The SMILES string of the molecule is CC(C(=O)O)c1ccc(NC(=O)C2(C)CCCN(C(=O)c3ccccc3)C2)cc1. The fraction of sp³-hybridized carbons (Fsp3) is 0.348. The number of likely N-dealkylation sites (tertiary alicyclic amines) is 1. The largest absolute Gasteiger partial charge is 0.481 e. The van der Waals surface area contributed by atoms with Crippen molar-refractivity contribution in [3.63, 3.8) is 0 Å². The van der Waals surface area contributed by atoms with Gasteiger partial charge in [-0.1, -0.05) is 30.3 Å². The first kappa shape index (κ1) is 20.6. The Balaban J connectivity index is 1.68. The highest BCUT2D eigenvalue weighted by Crippen LogP contribution is 2.32. The van der Waals surface area contributed by atoms with Gasteiger partial charge in [-0.05, 0) is 56.5 Å². The van der Waals surface area contributed by atoms with Gasteiger partial charge in [0.1, 0.15) is 0 Å². The summed E-state index contributed by atoms with van der Waals surface area (Å²) in [4.78, 5) is 38.6. The molecule has 1 saturated heterocycles. The maximum Gasteiger partial charge on any atom is 0.310 e. The van der Waals surface area contributed by atoms with Gasteiger partial charge in [-0.3, -0.25) is 14.4 Å². The molecule has 29 heavy (non-hydrogen) atoms. The predicted molar refractivity (Wildman–Crippen MR) is 111 cm³/mol. The summed E-state index contributed by atoms with van der Waals surface area (Å²) in [6.45, 7) is 4.50. The van der Waals surface area contributed by atoms with E-state index in [2.05, 4.69) is 5.32 Å². The lowest BCUT2D eigenvalue weighted by atomic mass is 9.80. The number of carboxylic acid groups (broad SMARTS) is 1. The molecule has 2 amide bonds. The molecule has 0 radical (unpaired) electrons. The molecule has 1 aliphatic heterocycles. The lowest BCUT2D eigenvalue weighted by molar-refractivity contribution is -0.138. The predicted octanol–water partition coefficient (Wildman–Crippen LogP) is 3.76. The summed E-state index contributed by atoms with van der Waals surface area (Å²) in [6.07, 6.45) is 1.46. The lowest BCUT2D eigenvalue weighted by Gasteiger charge is -2.39. The van der Waals surface area contributed by atoms with Crippen LogP contribution in [0.3, 0.4) is 0 Å². The van der Waals surface area contributed by atoms with Crippen LogP contribution >= 0.6 is 0 Å². The molecule has 2 N–H and O–H groups in total. The zero-order valence-corrected chi connectivity index (χ0v) is 16.7. The fourth-order valence-corrected chi connectivity index (χ4v) is 3.64. The van der Waals surface area contributed by atoms with Crippen LogP contribution in [-0.4, -0.2) is 40.9 Å². The number of nitrogens with one attached hydrogen (secondary N) is 1. The molecule has 2 aromatic rings. The van der Waals surface area contributed by atoms with Crippen molar-refractivity contribution in [3.8, 4) is 0 Å². The normalized spacial score (nSPS) is 20.0. The Hall–Kier alpha value is -3.15. The molecule has 152 valence electrons. The maximum absolute atomic E-state index is 13.0. The molecule has 1 heterocycles. The van der Waals surface area contributed by atoms with Gasteiger partial charge >= 0.3 is 5.97 Å². The molecule has 0 saturated carbocycles. The van der Waals surface area contributed by atoms with E-state index in [9.17, 15) is 14.4 Å². The second-order valence-electron chi connectivity index (χ2n) is 7.89. The van der Waals surface area contributed by atoms with Crippen molar-refractivity contribution in [1.82, 2.24) is 4.90 Å². The molecular weight excluding hydrogens is 368 g/mol. The molecular formula is C23H26N2O4. The lowest BCUT2D eigenvalue weighted by Crippen LogP contribution is -2.50. The van der Waals surface area contributed by atoms with Gasteiger partial charge in [0, 0.05) is 24.3 Å². The first-order valence-electron chi connectivity index (χ1n) is 9.79. The van der Waals surface area contributed by atoms with E-state index < -0.39 is 17.3 Å². The number of nitrogens with zero attached hydrogens (tertiary/aromatic N) is 1. The van der Waals surface area contributed by atoms with E-state index in [4.69, 9.17) is 5.11 Å². The minimum absolute atomic E-state index is 0.0589. The third kappa shape index (κ3) is 4.65. The van der Waals surface area contributed by atoms with Gasteiger partial charge < -0.3 is 15.3 Å². The highest BCUT2D eigenvalue weighted by Gasteiger charge is 2.39. The van der Waals surface area contributed by atoms with Gasteiger partial charge in [0.2, 0.25) is 5.91 Å². The van der Waals surface area contributed by atoms with Gasteiger partial charge in [0.25, 0.3) is 5.91 Å². The monoisotopic (exact) mass is 394 g/mol. The van der Waals surface area contributed by atoms with E-state index in [-0.39, 0.29) is 11.8 Å². The van der Waals surface area contributed by atoms with E-state index in [0.29, 0.717) is 36.3 Å². The van der Waals surface area contributed by atoms with Gasteiger partial charge in [0.05, 0.1) is 11.3 Å². The van der Waals surface area contributed by atoms with E-state index in [1.54, 1.807) is 48.2 Å². The molecule has 2 atom stereocenters. The second-order valence-corrected chi connectivity index (χ2v) is 7.89.